The number of benzene rings is 8. The number of hydrogen-bond acceptors (Lipinski definition) is 1. The average molecular weight is 537 g/mol. The van der Waals surface area contributed by atoms with Crippen LogP contribution in [0.2, 0.25) is 0 Å². The molecule has 1 aromatic heterocycles. The van der Waals surface area contributed by atoms with Crippen molar-refractivity contribution in [3.8, 4) is 33.4 Å². The van der Waals surface area contributed by atoms with E-state index in [9.17, 15) is 0 Å². The van der Waals surface area contributed by atoms with Gasteiger partial charge in [-0.3, -0.25) is 0 Å². The maximum atomic E-state index is 2.40. The van der Waals surface area contributed by atoms with E-state index in [1.807, 2.05) is 11.3 Å². The minimum Gasteiger partial charge on any atom is -0.135 e. The lowest BCUT2D eigenvalue weighted by Gasteiger charge is -2.18. The third-order valence-electron chi connectivity index (χ3n) is 8.64. The Labute approximate surface area is 242 Å². The molecule has 1 heteroatoms. The Bertz CT molecular complexity index is 2380. The van der Waals surface area contributed by atoms with E-state index in [1.165, 1.54) is 85.9 Å². The molecule has 0 radical (unpaired) electrons. The van der Waals surface area contributed by atoms with E-state index >= 15 is 0 Å². The van der Waals surface area contributed by atoms with E-state index < -0.39 is 0 Å². The Morgan fingerprint density at radius 2 is 0.927 bits per heavy atom. The van der Waals surface area contributed by atoms with Crippen molar-refractivity contribution in [3.05, 3.63) is 146 Å². The van der Waals surface area contributed by atoms with Crippen LogP contribution >= 0.6 is 11.3 Å². The van der Waals surface area contributed by atoms with Crippen LogP contribution in [0.25, 0.3) is 85.9 Å². The molecule has 9 aromatic rings. The summed E-state index contributed by atoms with van der Waals surface area (Å²) in [5, 5.41) is 10.6. The summed E-state index contributed by atoms with van der Waals surface area (Å²) in [4.78, 5) is 0. The highest BCUT2D eigenvalue weighted by Gasteiger charge is 2.17. The summed E-state index contributed by atoms with van der Waals surface area (Å²) < 4.78 is 2.70. The van der Waals surface area contributed by atoms with Gasteiger partial charge in [0.05, 0.1) is 0 Å². The number of rotatable bonds is 3. The van der Waals surface area contributed by atoms with E-state index in [1.54, 1.807) is 0 Å². The van der Waals surface area contributed by atoms with Crippen molar-refractivity contribution >= 4 is 63.8 Å². The average Bonchev–Trinajstić information content (AvgIpc) is 3.43. The lowest BCUT2D eigenvalue weighted by molar-refractivity contribution is 1.62. The topological polar surface area (TPSA) is 0 Å². The first kappa shape index (κ1) is 22.8. The summed E-state index contributed by atoms with van der Waals surface area (Å²) >= 11 is 1.89. The van der Waals surface area contributed by atoms with Crippen LogP contribution in [-0.2, 0) is 0 Å². The van der Waals surface area contributed by atoms with Gasteiger partial charge in [0, 0.05) is 20.2 Å². The molecule has 0 aliphatic heterocycles. The zero-order valence-electron chi connectivity index (χ0n) is 22.3. The molecule has 0 fully saturated rings. The van der Waals surface area contributed by atoms with Crippen LogP contribution in [-0.4, -0.2) is 0 Å². The summed E-state index contributed by atoms with van der Waals surface area (Å²) in [6.45, 7) is 0. The van der Waals surface area contributed by atoms with Crippen molar-refractivity contribution in [2.24, 2.45) is 0 Å². The highest BCUT2D eigenvalue weighted by molar-refractivity contribution is 7.26. The lowest BCUT2D eigenvalue weighted by Crippen LogP contribution is -1.91. The van der Waals surface area contributed by atoms with Crippen LogP contribution in [0.4, 0.5) is 0 Å². The van der Waals surface area contributed by atoms with Gasteiger partial charge in [0.2, 0.25) is 0 Å². The van der Waals surface area contributed by atoms with E-state index in [2.05, 4.69) is 146 Å². The van der Waals surface area contributed by atoms with E-state index in [-0.39, 0.29) is 0 Å². The molecule has 0 N–H and O–H groups in total. The van der Waals surface area contributed by atoms with Gasteiger partial charge in [0.15, 0.2) is 0 Å². The summed E-state index contributed by atoms with van der Waals surface area (Å²) in [6, 6.07) is 53.7. The van der Waals surface area contributed by atoms with Crippen molar-refractivity contribution < 1.29 is 0 Å². The van der Waals surface area contributed by atoms with Gasteiger partial charge in [0.1, 0.15) is 0 Å². The first-order valence-electron chi connectivity index (χ1n) is 14.1. The summed E-state index contributed by atoms with van der Waals surface area (Å²) in [7, 11) is 0. The Kier molecular flexibility index (Phi) is 4.87. The van der Waals surface area contributed by atoms with Gasteiger partial charge < -0.3 is 0 Å². The molecule has 0 nitrogen and oxygen atoms in total. The number of fused-ring (bicyclic) bond motifs is 3. The normalized spacial score (nSPS) is 11.9. The molecule has 0 aliphatic carbocycles. The Morgan fingerprint density at radius 3 is 1.66 bits per heavy atom. The van der Waals surface area contributed by atoms with Crippen LogP contribution < -0.4 is 0 Å². The zero-order valence-corrected chi connectivity index (χ0v) is 23.1. The smallest absolute Gasteiger partial charge is 0.0433 e. The van der Waals surface area contributed by atoms with Crippen molar-refractivity contribution in [3.63, 3.8) is 0 Å². The molecule has 0 saturated carbocycles. The molecule has 0 bridgehead atoms. The van der Waals surface area contributed by atoms with Gasteiger partial charge in [-0.1, -0.05) is 133 Å². The second-order valence-corrected chi connectivity index (χ2v) is 11.9. The Balaban J connectivity index is 1.28. The van der Waals surface area contributed by atoms with Crippen molar-refractivity contribution in [1.29, 1.82) is 0 Å². The van der Waals surface area contributed by atoms with Crippen LogP contribution in [0.5, 0.6) is 0 Å². The third-order valence-corrected chi connectivity index (χ3v) is 9.86. The van der Waals surface area contributed by atoms with Crippen molar-refractivity contribution in [2.45, 2.75) is 0 Å². The minimum atomic E-state index is 1.24. The van der Waals surface area contributed by atoms with Crippen molar-refractivity contribution in [2.75, 3.05) is 0 Å². The van der Waals surface area contributed by atoms with Crippen LogP contribution in [0, 0.1) is 0 Å². The van der Waals surface area contributed by atoms with Gasteiger partial charge in [0.25, 0.3) is 0 Å². The molecule has 0 saturated heterocycles. The molecule has 0 amide bonds. The molecule has 0 aliphatic rings. The van der Waals surface area contributed by atoms with E-state index in [0.717, 1.165) is 0 Å². The Hall–Kier alpha value is -4.98. The third kappa shape index (κ3) is 3.40. The fraction of sp³-hybridized carbons (Fsp3) is 0. The maximum Gasteiger partial charge on any atom is 0.0433 e. The quantitative estimate of drug-likeness (QED) is 0.197. The summed E-state index contributed by atoms with van der Waals surface area (Å²) in [5.74, 6) is 0. The lowest BCUT2D eigenvalue weighted by atomic mass is 9.85. The first-order valence-corrected chi connectivity index (χ1v) is 14.9. The molecular formula is C40H24S. The maximum absolute atomic E-state index is 2.40. The molecule has 0 unspecified atom stereocenters. The van der Waals surface area contributed by atoms with Gasteiger partial charge in [-0.2, -0.15) is 0 Å². The molecule has 0 spiro atoms. The van der Waals surface area contributed by atoms with E-state index in [0.29, 0.717) is 0 Å². The van der Waals surface area contributed by atoms with Gasteiger partial charge in [-0.05, 0) is 77.8 Å². The van der Waals surface area contributed by atoms with Gasteiger partial charge in [-0.25, -0.2) is 0 Å². The van der Waals surface area contributed by atoms with Crippen molar-refractivity contribution in [1.82, 2.24) is 0 Å². The van der Waals surface area contributed by atoms with Crippen LogP contribution in [0.15, 0.2) is 146 Å². The second kappa shape index (κ2) is 8.76. The minimum absolute atomic E-state index is 1.24. The molecule has 8 aromatic carbocycles. The molecule has 0 atom stereocenters. The van der Waals surface area contributed by atoms with Crippen LogP contribution in [0.3, 0.4) is 0 Å². The zero-order chi connectivity index (χ0) is 26.9. The molecule has 9 rings (SSSR count). The Morgan fingerprint density at radius 1 is 0.341 bits per heavy atom. The predicted molar refractivity (Wildman–Crippen MR) is 179 cm³/mol. The molecule has 41 heavy (non-hydrogen) atoms. The van der Waals surface area contributed by atoms with Crippen LogP contribution in [0.1, 0.15) is 0 Å². The SMILES string of the molecule is c1ccc(-c2cc(-c3ccc(-c4cccc5c4sc4ccccc45)cc3)c3ccc4cccc5ccc2c3c54)cc1. The first-order chi connectivity index (χ1) is 20.3. The number of thiophene rings is 1. The molecule has 190 valence electrons. The highest BCUT2D eigenvalue weighted by Crippen LogP contribution is 2.45. The summed E-state index contributed by atoms with van der Waals surface area (Å²) in [5.41, 5.74) is 7.61. The predicted octanol–water partition coefficient (Wildman–Crippen LogP) is 12.0. The fourth-order valence-corrected chi connectivity index (χ4v) is 7.97. The number of hydrogen-bond donors (Lipinski definition) is 0. The van der Waals surface area contributed by atoms with Gasteiger partial charge in [-0.15, -0.1) is 11.3 Å². The second-order valence-electron chi connectivity index (χ2n) is 10.9. The largest absolute Gasteiger partial charge is 0.135 e. The standard InChI is InChI=1S/C40H24S/c1-2-8-25(9-3-1)35-24-36(33-23-21-29-11-6-10-28-20-22-32(35)39(33)38(28)29)27-18-16-26(17-19-27)30-13-7-14-34-31-12-4-5-15-37(31)41-40(30)34/h1-24H. The molecular weight excluding hydrogens is 513 g/mol. The van der Waals surface area contributed by atoms with E-state index in [4.69, 9.17) is 0 Å². The van der Waals surface area contributed by atoms with Gasteiger partial charge >= 0.3 is 0 Å². The summed E-state index contributed by atoms with van der Waals surface area (Å²) in [6.07, 6.45) is 0. The fourth-order valence-electron chi connectivity index (χ4n) is 6.73. The highest BCUT2D eigenvalue weighted by atomic mass is 32.1. The molecule has 1 heterocycles. The monoisotopic (exact) mass is 536 g/mol.